The van der Waals surface area contributed by atoms with Crippen LogP contribution >= 0.6 is 0 Å². The number of benzene rings is 3. The van der Waals surface area contributed by atoms with E-state index in [1.165, 1.54) is 44.2 Å². The van der Waals surface area contributed by atoms with Gasteiger partial charge in [0.2, 0.25) is 0 Å². The van der Waals surface area contributed by atoms with Crippen LogP contribution in [0.3, 0.4) is 0 Å². The maximum absolute atomic E-state index is 2.27. The van der Waals surface area contributed by atoms with Crippen LogP contribution in [0.2, 0.25) is 0 Å². The average molecular weight is 230 g/mol. The second kappa shape index (κ2) is 3.23. The summed E-state index contributed by atoms with van der Waals surface area (Å²) < 4.78 is 0. The van der Waals surface area contributed by atoms with Crippen molar-refractivity contribution in [1.82, 2.24) is 0 Å². The minimum Gasteiger partial charge on any atom is -0.0616 e. The van der Waals surface area contributed by atoms with Crippen molar-refractivity contribution in [3.05, 3.63) is 59.7 Å². The summed E-state index contributed by atoms with van der Waals surface area (Å²) in [5.41, 5.74) is 8.34. The van der Waals surface area contributed by atoms with E-state index in [0.717, 1.165) is 0 Å². The third kappa shape index (κ3) is 1.06. The minimum atomic E-state index is 1.36. The van der Waals surface area contributed by atoms with E-state index in [0.29, 0.717) is 0 Å². The molecule has 0 saturated heterocycles. The molecule has 0 nitrogen and oxygen atoms in total. The first kappa shape index (κ1) is 9.90. The molecule has 0 aromatic heterocycles. The van der Waals surface area contributed by atoms with E-state index in [4.69, 9.17) is 0 Å². The van der Waals surface area contributed by atoms with Crippen molar-refractivity contribution in [3.63, 3.8) is 0 Å². The Morgan fingerprint density at radius 2 is 1.33 bits per heavy atom. The molecule has 4 rings (SSSR count). The van der Waals surface area contributed by atoms with Crippen molar-refractivity contribution in [2.24, 2.45) is 0 Å². The molecule has 18 heavy (non-hydrogen) atoms. The van der Waals surface area contributed by atoms with Gasteiger partial charge >= 0.3 is 0 Å². The zero-order chi connectivity index (χ0) is 12.3. The molecule has 3 aromatic rings. The SMILES string of the molecule is Cc1ccc2c(C)ccc3c2c1-c1ccccc1-3. The van der Waals surface area contributed by atoms with Gasteiger partial charge in [0.15, 0.2) is 0 Å². The van der Waals surface area contributed by atoms with E-state index in [9.17, 15) is 0 Å². The number of aryl methyl sites for hydroxylation is 2. The number of rotatable bonds is 0. The summed E-state index contributed by atoms with van der Waals surface area (Å²) in [5.74, 6) is 0. The zero-order valence-corrected chi connectivity index (χ0v) is 10.6. The van der Waals surface area contributed by atoms with Crippen LogP contribution < -0.4 is 0 Å². The van der Waals surface area contributed by atoms with Crippen molar-refractivity contribution >= 4 is 10.8 Å². The molecule has 0 spiro atoms. The second-order valence-electron chi connectivity index (χ2n) is 5.16. The fourth-order valence-electron chi connectivity index (χ4n) is 3.20. The van der Waals surface area contributed by atoms with Crippen LogP contribution in [-0.2, 0) is 0 Å². The third-order valence-corrected chi connectivity index (χ3v) is 4.09. The molecule has 3 aromatic carbocycles. The van der Waals surface area contributed by atoms with E-state index in [-0.39, 0.29) is 0 Å². The van der Waals surface area contributed by atoms with E-state index < -0.39 is 0 Å². The molecule has 0 radical (unpaired) electrons. The molecule has 1 aliphatic rings. The summed E-state index contributed by atoms with van der Waals surface area (Å²) in [6.07, 6.45) is 0. The van der Waals surface area contributed by atoms with Crippen molar-refractivity contribution in [2.75, 3.05) is 0 Å². The van der Waals surface area contributed by atoms with Gasteiger partial charge in [-0.05, 0) is 58.0 Å². The Morgan fingerprint density at radius 3 is 2.17 bits per heavy atom. The summed E-state index contributed by atoms with van der Waals surface area (Å²) in [5, 5.41) is 2.83. The van der Waals surface area contributed by atoms with Crippen LogP contribution in [0.4, 0.5) is 0 Å². The lowest BCUT2D eigenvalue weighted by Crippen LogP contribution is -1.83. The van der Waals surface area contributed by atoms with Gasteiger partial charge in [0.05, 0.1) is 0 Å². The van der Waals surface area contributed by atoms with Gasteiger partial charge in [0, 0.05) is 0 Å². The first-order valence-electron chi connectivity index (χ1n) is 6.40. The Hall–Kier alpha value is -2.08. The maximum atomic E-state index is 2.27. The molecule has 0 heteroatoms. The summed E-state index contributed by atoms with van der Waals surface area (Å²) in [6, 6.07) is 17.8. The standard InChI is InChI=1S/C18H14/c1-11-7-10-16-14-5-3-4-6-15(14)17-12(2)8-9-13(11)18(16)17/h3-10H,1-2H3. The van der Waals surface area contributed by atoms with Crippen LogP contribution in [0.15, 0.2) is 48.5 Å². The topological polar surface area (TPSA) is 0 Å². The molecule has 0 unspecified atom stereocenters. The molecule has 0 bridgehead atoms. The fraction of sp³-hybridized carbons (Fsp3) is 0.111. The van der Waals surface area contributed by atoms with Gasteiger partial charge in [0.1, 0.15) is 0 Å². The van der Waals surface area contributed by atoms with Crippen molar-refractivity contribution < 1.29 is 0 Å². The Morgan fingerprint density at radius 1 is 0.611 bits per heavy atom. The monoisotopic (exact) mass is 230 g/mol. The lowest BCUT2D eigenvalue weighted by Gasteiger charge is -2.07. The Labute approximate surface area is 107 Å². The second-order valence-corrected chi connectivity index (χ2v) is 5.16. The normalized spacial score (nSPS) is 11.9. The molecular weight excluding hydrogens is 216 g/mol. The largest absolute Gasteiger partial charge is 0.0616 e. The van der Waals surface area contributed by atoms with Gasteiger partial charge in [-0.2, -0.15) is 0 Å². The zero-order valence-electron chi connectivity index (χ0n) is 10.6. The first-order chi connectivity index (χ1) is 8.77. The van der Waals surface area contributed by atoms with Crippen LogP contribution in [0.25, 0.3) is 33.0 Å². The molecule has 0 atom stereocenters. The Balaban J connectivity index is 2.32. The molecule has 1 aliphatic carbocycles. The maximum Gasteiger partial charge on any atom is -0.00210 e. The fourth-order valence-corrected chi connectivity index (χ4v) is 3.20. The van der Waals surface area contributed by atoms with Crippen LogP contribution in [0.5, 0.6) is 0 Å². The van der Waals surface area contributed by atoms with Gasteiger partial charge in [-0.25, -0.2) is 0 Å². The lowest BCUT2D eigenvalue weighted by atomic mass is 9.96. The lowest BCUT2D eigenvalue weighted by molar-refractivity contribution is 1.49. The Kier molecular flexibility index (Phi) is 1.78. The Bertz CT molecular complexity index is 794. The van der Waals surface area contributed by atoms with E-state index in [1.54, 1.807) is 0 Å². The van der Waals surface area contributed by atoms with E-state index >= 15 is 0 Å². The smallest absolute Gasteiger partial charge is 0.00210 e. The number of hydrogen-bond acceptors (Lipinski definition) is 0. The predicted octanol–water partition coefficient (Wildman–Crippen LogP) is 5.10. The molecule has 0 N–H and O–H groups in total. The highest BCUT2D eigenvalue weighted by molar-refractivity contribution is 6.16. The summed E-state index contributed by atoms with van der Waals surface area (Å²) in [6.45, 7) is 4.41. The van der Waals surface area contributed by atoms with Crippen molar-refractivity contribution in [2.45, 2.75) is 13.8 Å². The van der Waals surface area contributed by atoms with E-state index in [1.807, 2.05) is 0 Å². The number of hydrogen-bond donors (Lipinski definition) is 0. The molecule has 0 heterocycles. The quantitative estimate of drug-likeness (QED) is 0.394. The van der Waals surface area contributed by atoms with Gasteiger partial charge in [-0.1, -0.05) is 48.5 Å². The highest BCUT2D eigenvalue weighted by Crippen LogP contribution is 2.48. The highest BCUT2D eigenvalue weighted by atomic mass is 14.3. The van der Waals surface area contributed by atoms with Crippen LogP contribution in [0.1, 0.15) is 11.1 Å². The van der Waals surface area contributed by atoms with Crippen LogP contribution in [-0.4, -0.2) is 0 Å². The first-order valence-corrected chi connectivity index (χ1v) is 6.40. The molecule has 0 fully saturated rings. The highest BCUT2D eigenvalue weighted by Gasteiger charge is 2.22. The summed E-state index contributed by atoms with van der Waals surface area (Å²) in [4.78, 5) is 0. The van der Waals surface area contributed by atoms with Crippen molar-refractivity contribution in [3.8, 4) is 22.3 Å². The van der Waals surface area contributed by atoms with Gasteiger partial charge in [-0.15, -0.1) is 0 Å². The predicted molar refractivity (Wildman–Crippen MR) is 77.9 cm³/mol. The molecule has 0 aliphatic heterocycles. The third-order valence-electron chi connectivity index (χ3n) is 4.09. The van der Waals surface area contributed by atoms with Crippen LogP contribution in [0, 0.1) is 13.8 Å². The van der Waals surface area contributed by atoms with Gasteiger partial charge in [-0.3, -0.25) is 0 Å². The summed E-state index contributed by atoms with van der Waals surface area (Å²) >= 11 is 0. The van der Waals surface area contributed by atoms with E-state index in [2.05, 4.69) is 62.4 Å². The van der Waals surface area contributed by atoms with Gasteiger partial charge in [0.25, 0.3) is 0 Å². The number of fused-ring (bicyclic) bond motifs is 3. The minimum absolute atomic E-state index is 1.36. The molecule has 86 valence electrons. The van der Waals surface area contributed by atoms with Gasteiger partial charge < -0.3 is 0 Å². The van der Waals surface area contributed by atoms with Crippen molar-refractivity contribution in [1.29, 1.82) is 0 Å². The molecular formula is C18H14. The summed E-state index contributed by atoms with van der Waals surface area (Å²) in [7, 11) is 0. The average Bonchev–Trinajstić information content (AvgIpc) is 2.72. The molecule has 0 saturated carbocycles. The molecule has 0 amide bonds.